The molecular formula is C16H19NO2S. The molecule has 0 unspecified atom stereocenters. The Hall–Kier alpha value is -1.81. The summed E-state index contributed by atoms with van der Waals surface area (Å²) in [5.74, 6) is -0.835. The third-order valence-electron chi connectivity index (χ3n) is 3.21. The molecule has 1 heterocycles. The first-order valence-electron chi connectivity index (χ1n) is 6.82. The topological polar surface area (TPSA) is 40.5 Å². The molecule has 2 rings (SSSR count). The molecule has 0 saturated heterocycles. The summed E-state index contributed by atoms with van der Waals surface area (Å²) in [6, 6.07) is 12.1. The van der Waals surface area contributed by atoms with Crippen molar-refractivity contribution in [2.24, 2.45) is 0 Å². The highest BCUT2D eigenvalue weighted by Gasteiger charge is 2.15. The monoisotopic (exact) mass is 289 g/mol. The zero-order valence-electron chi connectivity index (χ0n) is 11.6. The van der Waals surface area contributed by atoms with Gasteiger partial charge < -0.3 is 10.0 Å². The molecule has 1 aromatic carbocycles. The van der Waals surface area contributed by atoms with Crippen molar-refractivity contribution in [3.8, 4) is 0 Å². The van der Waals surface area contributed by atoms with Crippen LogP contribution in [-0.2, 0) is 6.54 Å². The standard InChI is InChI=1S/C16H19NO2S/c1-2-3-10-17(14-7-5-4-6-8-14)12-13-9-11-20-15(13)16(18)19/h4-9,11H,2-3,10,12H2,1H3,(H,18,19). The summed E-state index contributed by atoms with van der Waals surface area (Å²) in [6.45, 7) is 3.75. The van der Waals surface area contributed by atoms with Gasteiger partial charge in [-0.3, -0.25) is 0 Å². The van der Waals surface area contributed by atoms with Gasteiger partial charge in [-0.1, -0.05) is 31.5 Å². The number of para-hydroxylation sites is 1. The smallest absolute Gasteiger partial charge is 0.346 e. The Morgan fingerprint density at radius 1 is 1.25 bits per heavy atom. The number of hydrogen-bond donors (Lipinski definition) is 1. The molecule has 0 fully saturated rings. The second-order valence-electron chi connectivity index (χ2n) is 4.69. The molecule has 1 N–H and O–H groups in total. The summed E-state index contributed by atoms with van der Waals surface area (Å²) < 4.78 is 0. The second kappa shape index (κ2) is 7.10. The van der Waals surface area contributed by atoms with Crippen LogP contribution in [0.2, 0.25) is 0 Å². The fourth-order valence-electron chi connectivity index (χ4n) is 2.14. The minimum atomic E-state index is -0.835. The summed E-state index contributed by atoms with van der Waals surface area (Å²) in [5, 5.41) is 11.1. The van der Waals surface area contributed by atoms with Crippen molar-refractivity contribution >= 4 is 23.0 Å². The zero-order chi connectivity index (χ0) is 14.4. The van der Waals surface area contributed by atoms with Gasteiger partial charge in [-0.15, -0.1) is 11.3 Å². The van der Waals surface area contributed by atoms with E-state index < -0.39 is 5.97 Å². The Morgan fingerprint density at radius 3 is 2.65 bits per heavy atom. The lowest BCUT2D eigenvalue weighted by atomic mass is 10.2. The first-order chi connectivity index (χ1) is 9.72. The van der Waals surface area contributed by atoms with Gasteiger partial charge in [0.2, 0.25) is 0 Å². The van der Waals surface area contributed by atoms with E-state index in [0.717, 1.165) is 30.6 Å². The van der Waals surface area contributed by atoms with Crippen LogP contribution >= 0.6 is 11.3 Å². The number of thiophene rings is 1. The maximum absolute atomic E-state index is 11.2. The summed E-state index contributed by atoms with van der Waals surface area (Å²) in [4.78, 5) is 13.9. The number of hydrogen-bond acceptors (Lipinski definition) is 3. The number of nitrogens with zero attached hydrogens (tertiary/aromatic N) is 1. The number of rotatable bonds is 7. The first kappa shape index (κ1) is 14.6. The summed E-state index contributed by atoms with van der Waals surface area (Å²) in [6.07, 6.45) is 2.22. The molecule has 3 nitrogen and oxygen atoms in total. The lowest BCUT2D eigenvalue weighted by molar-refractivity contribution is 0.0701. The highest BCUT2D eigenvalue weighted by molar-refractivity contribution is 7.12. The third-order valence-corrected chi connectivity index (χ3v) is 4.15. The van der Waals surface area contributed by atoms with E-state index in [4.69, 9.17) is 0 Å². The molecule has 2 aromatic rings. The van der Waals surface area contributed by atoms with Crippen LogP contribution in [0.25, 0.3) is 0 Å². The largest absolute Gasteiger partial charge is 0.477 e. The van der Waals surface area contributed by atoms with Crippen LogP contribution in [0.1, 0.15) is 35.0 Å². The molecule has 0 aliphatic rings. The van der Waals surface area contributed by atoms with E-state index in [1.165, 1.54) is 11.3 Å². The van der Waals surface area contributed by atoms with E-state index in [9.17, 15) is 9.90 Å². The predicted octanol–water partition coefficient (Wildman–Crippen LogP) is 4.25. The zero-order valence-corrected chi connectivity index (χ0v) is 12.4. The van der Waals surface area contributed by atoms with Crippen molar-refractivity contribution in [2.45, 2.75) is 26.3 Å². The highest BCUT2D eigenvalue weighted by atomic mass is 32.1. The molecule has 0 aliphatic carbocycles. The molecule has 20 heavy (non-hydrogen) atoms. The molecule has 0 bridgehead atoms. The van der Waals surface area contributed by atoms with Gasteiger partial charge in [0.15, 0.2) is 0 Å². The van der Waals surface area contributed by atoms with Gasteiger partial charge >= 0.3 is 5.97 Å². The molecule has 0 amide bonds. The number of unbranched alkanes of at least 4 members (excludes halogenated alkanes) is 1. The molecule has 0 saturated carbocycles. The van der Waals surface area contributed by atoms with Crippen molar-refractivity contribution < 1.29 is 9.90 Å². The molecule has 4 heteroatoms. The average Bonchev–Trinajstić information content (AvgIpc) is 2.92. The van der Waals surface area contributed by atoms with E-state index in [0.29, 0.717) is 11.4 Å². The van der Waals surface area contributed by atoms with Gasteiger partial charge in [-0.25, -0.2) is 4.79 Å². The van der Waals surface area contributed by atoms with Crippen LogP contribution in [0.3, 0.4) is 0 Å². The summed E-state index contributed by atoms with van der Waals surface area (Å²) in [7, 11) is 0. The number of aromatic carboxylic acids is 1. The molecule has 0 radical (unpaired) electrons. The Labute approximate surface area is 123 Å². The molecule has 1 aromatic heterocycles. The van der Waals surface area contributed by atoms with Gasteiger partial charge in [-0.05, 0) is 35.6 Å². The highest BCUT2D eigenvalue weighted by Crippen LogP contribution is 2.22. The van der Waals surface area contributed by atoms with Crippen molar-refractivity contribution in [1.82, 2.24) is 0 Å². The van der Waals surface area contributed by atoms with Gasteiger partial charge in [0.25, 0.3) is 0 Å². The van der Waals surface area contributed by atoms with E-state index in [1.54, 1.807) is 0 Å². The minimum Gasteiger partial charge on any atom is -0.477 e. The molecular weight excluding hydrogens is 270 g/mol. The number of benzene rings is 1. The van der Waals surface area contributed by atoms with Crippen molar-refractivity contribution in [1.29, 1.82) is 0 Å². The fourth-order valence-corrected chi connectivity index (χ4v) is 2.89. The Morgan fingerprint density at radius 2 is 2.00 bits per heavy atom. The first-order valence-corrected chi connectivity index (χ1v) is 7.70. The fraction of sp³-hybridized carbons (Fsp3) is 0.312. The van der Waals surface area contributed by atoms with E-state index in [-0.39, 0.29) is 0 Å². The van der Waals surface area contributed by atoms with Gasteiger partial charge in [0.1, 0.15) is 4.88 Å². The summed E-state index contributed by atoms with van der Waals surface area (Å²) >= 11 is 1.29. The molecule has 0 aliphatic heterocycles. The van der Waals surface area contributed by atoms with Crippen LogP contribution in [0.5, 0.6) is 0 Å². The summed E-state index contributed by atoms with van der Waals surface area (Å²) in [5.41, 5.74) is 2.03. The minimum absolute atomic E-state index is 0.447. The third kappa shape index (κ3) is 3.61. The number of carboxylic acid groups (broad SMARTS) is 1. The van der Waals surface area contributed by atoms with Crippen LogP contribution < -0.4 is 4.90 Å². The Kier molecular flexibility index (Phi) is 5.18. The van der Waals surface area contributed by atoms with E-state index in [2.05, 4.69) is 24.0 Å². The lowest BCUT2D eigenvalue weighted by Crippen LogP contribution is -2.24. The van der Waals surface area contributed by atoms with Crippen molar-refractivity contribution in [2.75, 3.05) is 11.4 Å². The lowest BCUT2D eigenvalue weighted by Gasteiger charge is -2.24. The maximum atomic E-state index is 11.2. The Bertz CT molecular complexity index is 551. The molecule has 0 atom stereocenters. The second-order valence-corrected chi connectivity index (χ2v) is 5.61. The normalized spacial score (nSPS) is 10.4. The molecule has 106 valence electrons. The van der Waals surface area contributed by atoms with Gasteiger partial charge in [0, 0.05) is 18.8 Å². The van der Waals surface area contributed by atoms with Crippen LogP contribution in [0.15, 0.2) is 41.8 Å². The van der Waals surface area contributed by atoms with Crippen molar-refractivity contribution in [3.63, 3.8) is 0 Å². The number of anilines is 1. The van der Waals surface area contributed by atoms with Crippen LogP contribution in [-0.4, -0.2) is 17.6 Å². The van der Waals surface area contributed by atoms with Crippen LogP contribution in [0.4, 0.5) is 5.69 Å². The Balaban J connectivity index is 2.19. The average molecular weight is 289 g/mol. The molecule has 0 spiro atoms. The van der Waals surface area contributed by atoms with Gasteiger partial charge in [0.05, 0.1) is 0 Å². The number of carbonyl (C=O) groups is 1. The predicted molar refractivity (Wildman–Crippen MR) is 83.7 cm³/mol. The van der Waals surface area contributed by atoms with E-state index >= 15 is 0 Å². The van der Waals surface area contributed by atoms with Gasteiger partial charge in [-0.2, -0.15) is 0 Å². The van der Waals surface area contributed by atoms with E-state index in [1.807, 2.05) is 29.6 Å². The maximum Gasteiger partial charge on any atom is 0.346 e. The van der Waals surface area contributed by atoms with Crippen molar-refractivity contribution in [3.05, 3.63) is 52.2 Å². The van der Waals surface area contributed by atoms with Crippen LogP contribution in [0, 0.1) is 0 Å². The number of carboxylic acids is 1. The quantitative estimate of drug-likeness (QED) is 0.828. The SMILES string of the molecule is CCCCN(Cc1ccsc1C(=O)O)c1ccccc1.